The lowest BCUT2D eigenvalue weighted by atomic mass is 10.00. The Hall–Kier alpha value is -0.560. The zero-order valence-corrected chi connectivity index (χ0v) is 11.2. The maximum atomic E-state index is 13.6. The predicted molar refractivity (Wildman–Crippen MR) is 66.9 cm³/mol. The molecule has 0 amide bonds. The molecule has 0 aliphatic carbocycles. The molecule has 2 nitrogen and oxygen atoms in total. The van der Waals surface area contributed by atoms with Gasteiger partial charge in [0, 0.05) is 18.2 Å². The maximum Gasteiger partial charge on any atom is 0.416 e. The number of alkyl halides is 3. The van der Waals surface area contributed by atoms with Gasteiger partial charge in [0.2, 0.25) is 0 Å². The highest BCUT2D eigenvalue weighted by atomic mass is 35.5. The molecule has 0 saturated carbocycles. The van der Waals surface area contributed by atoms with Crippen LogP contribution in [0.3, 0.4) is 0 Å². The van der Waals surface area contributed by atoms with E-state index in [1.807, 2.05) is 0 Å². The normalized spacial score (nSPS) is 13.0. The Balaban J connectivity index is 0.00000324. The Labute approximate surface area is 119 Å². The van der Waals surface area contributed by atoms with E-state index in [0.29, 0.717) is 12.1 Å². The van der Waals surface area contributed by atoms with Gasteiger partial charge in [0.25, 0.3) is 0 Å². The minimum atomic E-state index is -4.61. The van der Waals surface area contributed by atoms with Gasteiger partial charge in [-0.15, -0.1) is 12.4 Å². The Kier molecular flexibility index (Phi) is 7.07. The molecule has 1 atom stereocenters. The van der Waals surface area contributed by atoms with E-state index in [9.17, 15) is 17.6 Å². The van der Waals surface area contributed by atoms with E-state index in [1.54, 1.807) is 0 Å². The minimum Gasteiger partial charge on any atom is -0.396 e. The Bertz CT molecular complexity index is 426. The van der Waals surface area contributed by atoms with Crippen molar-refractivity contribution >= 4 is 24.0 Å². The van der Waals surface area contributed by atoms with Crippen molar-refractivity contribution in [2.45, 2.75) is 25.1 Å². The van der Waals surface area contributed by atoms with Crippen molar-refractivity contribution in [2.75, 3.05) is 6.61 Å². The molecule has 0 aliphatic heterocycles. The van der Waals surface area contributed by atoms with E-state index in [0.717, 1.165) is 0 Å². The largest absolute Gasteiger partial charge is 0.416 e. The molecule has 0 aromatic heterocycles. The van der Waals surface area contributed by atoms with E-state index in [2.05, 4.69) is 0 Å². The number of hydrogen-bond acceptors (Lipinski definition) is 2. The van der Waals surface area contributed by atoms with Gasteiger partial charge in [-0.05, 0) is 25.0 Å². The van der Waals surface area contributed by atoms with Crippen molar-refractivity contribution in [3.8, 4) is 0 Å². The number of halogens is 6. The Morgan fingerprint density at radius 3 is 2.37 bits per heavy atom. The highest BCUT2D eigenvalue weighted by Crippen LogP contribution is 2.35. The lowest BCUT2D eigenvalue weighted by Gasteiger charge is -2.16. The molecule has 19 heavy (non-hydrogen) atoms. The molecule has 1 aromatic carbocycles. The van der Waals surface area contributed by atoms with Crippen LogP contribution in [0.1, 0.15) is 30.0 Å². The average Bonchev–Trinajstić information content (AvgIpc) is 2.27. The number of aliphatic hydroxyl groups excluding tert-OH is 1. The van der Waals surface area contributed by atoms with Crippen LogP contribution in [0.25, 0.3) is 0 Å². The summed E-state index contributed by atoms with van der Waals surface area (Å²) in [4.78, 5) is 0. The second-order valence-corrected chi connectivity index (χ2v) is 4.24. The first kappa shape index (κ1) is 18.4. The summed E-state index contributed by atoms with van der Waals surface area (Å²) in [6.07, 6.45) is -4.16. The molecule has 0 saturated heterocycles. The summed E-state index contributed by atoms with van der Waals surface area (Å²) in [6, 6.07) is 0.250. The SMILES string of the molecule is Cl.N[C@@H](CCCO)c1cc(C(F)(F)F)cc(Cl)c1F. The first-order chi connectivity index (χ1) is 8.27. The van der Waals surface area contributed by atoms with Gasteiger partial charge >= 0.3 is 6.18 Å². The number of nitrogens with two attached hydrogens (primary N) is 1. The number of rotatable bonds is 4. The van der Waals surface area contributed by atoms with Crippen LogP contribution >= 0.6 is 24.0 Å². The highest BCUT2D eigenvalue weighted by Gasteiger charge is 2.32. The number of aliphatic hydroxyl groups is 1. The second-order valence-electron chi connectivity index (χ2n) is 3.83. The average molecular weight is 322 g/mol. The molecule has 8 heteroatoms. The van der Waals surface area contributed by atoms with Gasteiger partial charge < -0.3 is 10.8 Å². The van der Waals surface area contributed by atoms with Gasteiger partial charge in [-0.2, -0.15) is 13.2 Å². The van der Waals surface area contributed by atoms with Gasteiger partial charge in [-0.3, -0.25) is 0 Å². The van der Waals surface area contributed by atoms with Crippen LogP contribution in [0, 0.1) is 5.82 Å². The van der Waals surface area contributed by atoms with Crippen molar-refractivity contribution in [2.24, 2.45) is 5.73 Å². The van der Waals surface area contributed by atoms with E-state index < -0.39 is 28.6 Å². The van der Waals surface area contributed by atoms with Crippen LogP contribution in [0.5, 0.6) is 0 Å². The molecule has 1 aromatic rings. The lowest BCUT2D eigenvalue weighted by Crippen LogP contribution is -2.15. The summed E-state index contributed by atoms with van der Waals surface area (Å²) in [5.74, 6) is -0.949. The monoisotopic (exact) mass is 321 g/mol. The predicted octanol–water partition coefficient (Wildman–Crippen LogP) is 3.69. The van der Waals surface area contributed by atoms with E-state index in [4.69, 9.17) is 22.4 Å². The number of hydrogen-bond donors (Lipinski definition) is 2. The molecule has 0 aliphatic rings. The Morgan fingerprint density at radius 1 is 1.32 bits per heavy atom. The molecular formula is C11H13Cl2F4NO. The van der Waals surface area contributed by atoms with Gasteiger partial charge in [-0.1, -0.05) is 11.6 Å². The third-order valence-corrected chi connectivity index (χ3v) is 2.73. The van der Waals surface area contributed by atoms with E-state index in [1.165, 1.54) is 0 Å². The number of benzene rings is 1. The molecule has 0 radical (unpaired) electrons. The molecule has 0 heterocycles. The minimum absolute atomic E-state index is 0. The van der Waals surface area contributed by atoms with Crippen molar-refractivity contribution in [1.29, 1.82) is 0 Å². The first-order valence-corrected chi connectivity index (χ1v) is 5.57. The maximum absolute atomic E-state index is 13.6. The fourth-order valence-electron chi connectivity index (χ4n) is 1.51. The summed E-state index contributed by atoms with van der Waals surface area (Å²) in [5, 5.41) is 8.00. The zero-order chi connectivity index (χ0) is 13.9. The van der Waals surface area contributed by atoms with Crippen molar-refractivity contribution < 1.29 is 22.7 Å². The second kappa shape index (κ2) is 7.28. The third-order valence-electron chi connectivity index (χ3n) is 2.46. The molecule has 110 valence electrons. The third kappa shape index (κ3) is 4.80. The van der Waals surface area contributed by atoms with Crippen LogP contribution in [-0.4, -0.2) is 11.7 Å². The van der Waals surface area contributed by atoms with Crippen molar-refractivity contribution in [1.82, 2.24) is 0 Å². The first-order valence-electron chi connectivity index (χ1n) is 5.20. The summed E-state index contributed by atoms with van der Waals surface area (Å²) in [6.45, 7) is -0.165. The van der Waals surface area contributed by atoms with E-state index in [-0.39, 0.29) is 37.4 Å². The van der Waals surface area contributed by atoms with Gasteiger partial charge in [-0.25, -0.2) is 4.39 Å². The topological polar surface area (TPSA) is 46.2 Å². The summed E-state index contributed by atoms with van der Waals surface area (Å²) >= 11 is 5.42. The molecule has 3 N–H and O–H groups in total. The molecule has 0 bridgehead atoms. The lowest BCUT2D eigenvalue weighted by molar-refractivity contribution is -0.137. The molecule has 1 rings (SSSR count). The van der Waals surface area contributed by atoms with Gasteiger partial charge in [0.1, 0.15) is 5.82 Å². The van der Waals surface area contributed by atoms with Crippen LogP contribution in [0.4, 0.5) is 17.6 Å². The fraction of sp³-hybridized carbons (Fsp3) is 0.455. The van der Waals surface area contributed by atoms with Crippen molar-refractivity contribution in [3.63, 3.8) is 0 Å². The smallest absolute Gasteiger partial charge is 0.396 e. The quantitative estimate of drug-likeness (QED) is 0.831. The summed E-state index contributed by atoms with van der Waals surface area (Å²) < 4.78 is 51.2. The highest BCUT2D eigenvalue weighted by molar-refractivity contribution is 6.30. The van der Waals surface area contributed by atoms with Crippen LogP contribution in [0.15, 0.2) is 12.1 Å². The van der Waals surface area contributed by atoms with Crippen LogP contribution in [-0.2, 0) is 6.18 Å². The summed E-state index contributed by atoms with van der Waals surface area (Å²) in [5.41, 5.74) is 4.26. The van der Waals surface area contributed by atoms with Crippen molar-refractivity contribution in [3.05, 3.63) is 34.1 Å². The molecule has 0 spiro atoms. The molecule has 0 fully saturated rings. The van der Waals surface area contributed by atoms with Gasteiger partial charge in [0.05, 0.1) is 10.6 Å². The molecule has 0 unspecified atom stereocenters. The van der Waals surface area contributed by atoms with Gasteiger partial charge in [0.15, 0.2) is 0 Å². The van der Waals surface area contributed by atoms with E-state index >= 15 is 0 Å². The molecular weight excluding hydrogens is 309 g/mol. The van der Waals surface area contributed by atoms with Crippen LogP contribution in [0.2, 0.25) is 5.02 Å². The Morgan fingerprint density at radius 2 is 1.89 bits per heavy atom. The summed E-state index contributed by atoms with van der Waals surface area (Å²) in [7, 11) is 0. The fourth-order valence-corrected chi connectivity index (χ4v) is 1.74. The van der Waals surface area contributed by atoms with Crippen LogP contribution < -0.4 is 5.73 Å². The standard InChI is InChI=1S/C11H12ClF4NO.ClH/c12-8-5-6(11(14,15)16)4-7(10(8)13)9(17)2-1-3-18;/h4-5,9,18H,1-3,17H2;1H/t9-;/m0./s1. The zero-order valence-electron chi connectivity index (χ0n) is 9.68.